The van der Waals surface area contributed by atoms with Crippen molar-refractivity contribution in [2.24, 2.45) is 0 Å². The van der Waals surface area contributed by atoms with Gasteiger partial charge in [-0.15, -0.1) is 11.8 Å². The van der Waals surface area contributed by atoms with Crippen LogP contribution >= 0.6 is 11.8 Å². The van der Waals surface area contributed by atoms with E-state index in [4.69, 9.17) is 9.94 Å². The fourth-order valence-corrected chi connectivity index (χ4v) is 2.80. The number of hydrogen-bond acceptors (Lipinski definition) is 4. The standard InChI is InChI=1S/C12H14N2O4S/c15-10(11-14(12(16)17)6-7-19-11)13-18-8-9-4-2-1-3-5-9/h1-5,11H,6-8H2,(H,13,15)(H,16,17). The Labute approximate surface area is 114 Å². The molecule has 0 spiro atoms. The van der Waals surface area contributed by atoms with E-state index in [1.54, 1.807) is 0 Å². The number of nitrogens with zero attached hydrogens (tertiary/aromatic N) is 1. The van der Waals surface area contributed by atoms with E-state index in [1.807, 2.05) is 30.3 Å². The minimum Gasteiger partial charge on any atom is -0.465 e. The van der Waals surface area contributed by atoms with Gasteiger partial charge in [-0.1, -0.05) is 30.3 Å². The minimum atomic E-state index is -1.09. The summed E-state index contributed by atoms with van der Waals surface area (Å²) in [5, 5.41) is 8.20. The molecule has 1 aromatic rings. The largest absolute Gasteiger partial charge is 0.465 e. The van der Waals surface area contributed by atoms with Crippen molar-refractivity contribution in [1.29, 1.82) is 0 Å². The number of hydroxylamine groups is 1. The number of carbonyl (C=O) groups is 2. The SMILES string of the molecule is O=C(NOCc1ccccc1)C1SCCN1C(=O)O. The first-order valence-corrected chi connectivity index (χ1v) is 6.80. The van der Waals surface area contributed by atoms with Crippen LogP contribution in [0, 0.1) is 0 Å². The average molecular weight is 282 g/mol. The van der Waals surface area contributed by atoms with Gasteiger partial charge in [-0.25, -0.2) is 10.3 Å². The normalized spacial score (nSPS) is 18.3. The number of hydrogen-bond donors (Lipinski definition) is 2. The maximum atomic E-state index is 11.8. The fourth-order valence-electron chi connectivity index (χ4n) is 1.70. The highest BCUT2D eigenvalue weighted by Gasteiger charge is 2.34. The molecule has 1 saturated heterocycles. The van der Waals surface area contributed by atoms with Crippen molar-refractivity contribution in [1.82, 2.24) is 10.4 Å². The van der Waals surface area contributed by atoms with Crippen LogP contribution in [-0.2, 0) is 16.2 Å². The van der Waals surface area contributed by atoms with Gasteiger partial charge in [-0.05, 0) is 5.56 Å². The topological polar surface area (TPSA) is 78.9 Å². The van der Waals surface area contributed by atoms with Crippen molar-refractivity contribution >= 4 is 23.8 Å². The molecule has 19 heavy (non-hydrogen) atoms. The molecular weight excluding hydrogens is 268 g/mol. The molecule has 2 N–H and O–H groups in total. The third-order valence-corrected chi connectivity index (χ3v) is 3.82. The van der Waals surface area contributed by atoms with Crippen LogP contribution in [0.2, 0.25) is 0 Å². The van der Waals surface area contributed by atoms with Gasteiger partial charge in [0.2, 0.25) is 0 Å². The molecule has 102 valence electrons. The van der Waals surface area contributed by atoms with Crippen LogP contribution < -0.4 is 5.48 Å². The van der Waals surface area contributed by atoms with Crippen LogP contribution in [0.3, 0.4) is 0 Å². The summed E-state index contributed by atoms with van der Waals surface area (Å²) in [4.78, 5) is 28.9. The Morgan fingerprint density at radius 3 is 2.84 bits per heavy atom. The first-order chi connectivity index (χ1) is 9.18. The first-order valence-electron chi connectivity index (χ1n) is 5.75. The summed E-state index contributed by atoms with van der Waals surface area (Å²) in [6.45, 7) is 0.605. The van der Waals surface area contributed by atoms with Gasteiger partial charge in [-0.3, -0.25) is 14.5 Å². The molecule has 0 aromatic heterocycles. The Balaban J connectivity index is 1.80. The second-order valence-electron chi connectivity index (χ2n) is 3.94. The van der Waals surface area contributed by atoms with Crippen LogP contribution in [0.4, 0.5) is 4.79 Å². The van der Waals surface area contributed by atoms with Crippen LogP contribution in [0.15, 0.2) is 30.3 Å². The summed E-state index contributed by atoms with van der Waals surface area (Å²) in [6, 6.07) is 9.39. The Hall–Kier alpha value is -1.73. The lowest BCUT2D eigenvalue weighted by Gasteiger charge is -2.19. The maximum Gasteiger partial charge on any atom is 0.408 e. The van der Waals surface area contributed by atoms with Gasteiger partial charge in [0, 0.05) is 12.3 Å². The lowest BCUT2D eigenvalue weighted by molar-refractivity contribution is -0.136. The monoisotopic (exact) mass is 282 g/mol. The highest BCUT2D eigenvalue weighted by molar-refractivity contribution is 8.00. The molecule has 2 rings (SSSR count). The van der Waals surface area contributed by atoms with E-state index in [1.165, 1.54) is 11.8 Å². The third-order valence-electron chi connectivity index (χ3n) is 2.62. The van der Waals surface area contributed by atoms with E-state index in [0.717, 1.165) is 10.5 Å². The molecule has 7 heteroatoms. The fraction of sp³-hybridized carbons (Fsp3) is 0.333. The van der Waals surface area contributed by atoms with Crippen molar-refractivity contribution in [3.63, 3.8) is 0 Å². The van der Waals surface area contributed by atoms with Crippen LogP contribution in [-0.4, -0.2) is 39.7 Å². The highest BCUT2D eigenvalue weighted by Crippen LogP contribution is 2.23. The van der Waals surface area contributed by atoms with Gasteiger partial charge in [0.1, 0.15) is 0 Å². The lowest BCUT2D eigenvalue weighted by atomic mass is 10.2. The number of benzene rings is 1. The third kappa shape index (κ3) is 3.62. The maximum absolute atomic E-state index is 11.8. The van der Waals surface area contributed by atoms with Crippen molar-refractivity contribution in [2.45, 2.75) is 12.0 Å². The van der Waals surface area contributed by atoms with Crippen LogP contribution in [0.5, 0.6) is 0 Å². The molecular formula is C12H14N2O4S. The van der Waals surface area contributed by atoms with Gasteiger partial charge >= 0.3 is 6.09 Å². The molecule has 2 amide bonds. The van der Waals surface area contributed by atoms with E-state index in [-0.39, 0.29) is 6.61 Å². The molecule has 0 radical (unpaired) electrons. The summed E-state index contributed by atoms with van der Waals surface area (Å²) in [6.07, 6.45) is -1.09. The Morgan fingerprint density at radius 2 is 2.16 bits per heavy atom. The molecule has 1 aliphatic heterocycles. The van der Waals surface area contributed by atoms with E-state index in [9.17, 15) is 9.59 Å². The molecule has 0 aliphatic carbocycles. The van der Waals surface area contributed by atoms with Gasteiger partial charge in [0.25, 0.3) is 5.91 Å². The number of amides is 2. The quantitative estimate of drug-likeness (QED) is 0.813. The summed E-state index contributed by atoms with van der Waals surface area (Å²) in [5.41, 5.74) is 3.22. The molecule has 6 nitrogen and oxygen atoms in total. The number of carbonyl (C=O) groups excluding carboxylic acids is 1. The van der Waals surface area contributed by atoms with Crippen molar-refractivity contribution < 1.29 is 19.5 Å². The second kappa shape index (κ2) is 6.44. The highest BCUT2D eigenvalue weighted by atomic mass is 32.2. The van der Waals surface area contributed by atoms with Crippen LogP contribution in [0.1, 0.15) is 5.56 Å². The summed E-state index contributed by atoms with van der Waals surface area (Å²) >= 11 is 1.29. The molecule has 0 bridgehead atoms. The minimum absolute atomic E-state index is 0.247. The zero-order valence-corrected chi connectivity index (χ0v) is 10.9. The molecule has 1 aliphatic rings. The molecule has 1 atom stereocenters. The van der Waals surface area contributed by atoms with Crippen molar-refractivity contribution in [3.05, 3.63) is 35.9 Å². The van der Waals surface area contributed by atoms with Crippen molar-refractivity contribution in [3.8, 4) is 0 Å². The summed E-state index contributed by atoms with van der Waals surface area (Å²) in [7, 11) is 0. The molecule has 1 unspecified atom stereocenters. The molecule has 1 aromatic carbocycles. The predicted octanol–water partition coefficient (Wildman–Crippen LogP) is 1.29. The van der Waals surface area contributed by atoms with E-state index in [2.05, 4.69) is 5.48 Å². The number of rotatable bonds is 4. The Bertz CT molecular complexity index is 454. The van der Waals surface area contributed by atoms with Gasteiger partial charge < -0.3 is 5.11 Å². The number of carboxylic acid groups (broad SMARTS) is 1. The molecule has 1 heterocycles. The number of nitrogens with one attached hydrogen (secondary N) is 1. The Kier molecular flexibility index (Phi) is 4.64. The zero-order chi connectivity index (χ0) is 13.7. The van der Waals surface area contributed by atoms with Gasteiger partial charge in [0.05, 0.1) is 6.61 Å². The summed E-state index contributed by atoms with van der Waals surface area (Å²) in [5.74, 6) is 0.170. The van der Waals surface area contributed by atoms with Crippen LogP contribution in [0.25, 0.3) is 0 Å². The van der Waals surface area contributed by atoms with E-state index < -0.39 is 17.4 Å². The first kappa shape index (κ1) is 13.7. The second-order valence-corrected chi connectivity index (χ2v) is 5.13. The van der Waals surface area contributed by atoms with Gasteiger partial charge in [-0.2, -0.15) is 0 Å². The summed E-state index contributed by atoms with van der Waals surface area (Å²) < 4.78 is 0. The van der Waals surface area contributed by atoms with Gasteiger partial charge in [0.15, 0.2) is 5.37 Å². The van der Waals surface area contributed by atoms with Crippen molar-refractivity contribution in [2.75, 3.05) is 12.3 Å². The van der Waals surface area contributed by atoms with E-state index >= 15 is 0 Å². The van der Waals surface area contributed by atoms with E-state index in [0.29, 0.717) is 12.3 Å². The Morgan fingerprint density at radius 1 is 1.42 bits per heavy atom. The molecule has 0 saturated carbocycles. The lowest BCUT2D eigenvalue weighted by Crippen LogP contribution is -2.44. The smallest absolute Gasteiger partial charge is 0.408 e. The molecule has 1 fully saturated rings. The number of thioether (sulfide) groups is 1. The zero-order valence-electron chi connectivity index (χ0n) is 10.1. The predicted molar refractivity (Wildman–Crippen MR) is 70.4 cm³/mol. The average Bonchev–Trinajstić information content (AvgIpc) is 2.89.